The number of carbonyl (C=O) groups is 1. The summed E-state index contributed by atoms with van der Waals surface area (Å²) in [6.07, 6.45) is 2.67. The van der Waals surface area contributed by atoms with E-state index in [1.54, 1.807) is 6.07 Å². The molecule has 0 unspecified atom stereocenters. The second-order valence-electron chi connectivity index (χ2n) is 5.58. The minimum Gasteiger partial charge on any atom is -0.481 e. The monoisotopic (exact) mass is 267 g/mol. The maximum Gasteiger partial charge on any atom is 0.326 e. The molecular weight excluding hydrogens is 246 g/mol. The average molecular weight is 267 g/mol. The highest BCUT2D eigenvalue weighted by Crippen LogP contribution is 2.23. The van der Waals surface area contributed by atoms with Crippen LogP contribution >= 0.6 is 0 Å². The van der Waals surface area contributed by atoms with Crippen molar-refractivity contribution in [1.82, 2.24) is 9.97 Å². The van der Waals surface area contributed by atoms with E-state index in [0.717, 1.165) is 6.42 Å². The highest BCUT2D eigenvalue weighted by Gasteiger charge is 2.21. The third-order valence-corrected chi connectivity index (χ3v) is 2.65. The summed E-state index contributed by atoms with van der Waals surface area (Å²) in [5.74, 6) is -0.0348. The Balaban J connectivity index is 2.70. The Morgan fingerprint density at radius 2 is 2.16 bits per heavy atom. The van der Waals surface area contributed by atoms with Crippen LogP contribution in [0.3, 0.4) is 0 Å². The second kappa shape index (κ2) is 6.36. The van der Waals surface area contributed by atoms with Gasteiger partial charge < -0.3 is 15.2 Å². The molecule has 0 aromatic carbocycles. The van der Waals surface area contributed by atoms with Crippen molar-refractivity contribution in [3.8, 4) is 5.88 Å². The minimum atomic E-state index is -0.887. The van der Waals surface area contributed by atoms with Gasteiger partial charge in [-0.3, -0.25) is 0 Å². The number of aliphatic carboxylic acids is 1. The maximum atomic E-state index is 11.2. The van der Waals surface area contributed by atoms with Gasteiger partial charge in [-0.1, -0.05) is 20.8 Å². The number of methoxy groups -OCH3 is 1. The van der Waals surface area contributed by atoms with Crippen molar-refractivity contribution in [3.63, 3.8) is 0 Å². The topological polar surface area (TPSA) is 84.3 Å². The number of aromatic nitrogens is 2. The van der Waals surface area contributed by atoms with E-state index < -0.39 is 12.0 Å². The van der Waals surface area contributed by atoms with E-state index in [9.17, 15) is 9.90 Å². The second-order valence-corrected chi connectivity index (χ2v) is 5.58. The molecule has 0 bridgehead atoms. The molecule has 0 spiro atoms. The Hall–Kier alpha value is -1.85. The molecule has 1 aromatic rings. The summed E-state index contributed by atoms with van der Waals surface area (Å²) in [5.41, 5.74) is 0.0960. The highest BCUT2D eigenvalue weighted by atomic mass is 16.5. The number of hydrogen-bond donors (Lipinski definition) is 2. The van der Waals surface area contributed by atoms with Crippen LogP contribution in [-0.2, 0) is 4.79 Å². The van der Waals surface area contributed by atoms with Gasteiger partial charge in [-0.2, -0.15) is 0 Å². The van der Waals surface area contributed by atoms with Crippen LogP contribution < -0.4 is 10.1 Å². The van der Waals surface area contributed by atoms with Gasteiger partial charge in [-0.15, -0.1) is 0 Å². The summed E-state index contributed by atoms with van der Waals surface area (Å²) in [6.45, 7) is 6.25. The van der Waals surface area contributed by atoms with Gasteiger partial charge in [0.1, 0.15) is 18.2 Å². The van der Waals surface area contributed by atoms with Crippen LogP contribution in [0.4, 0.5) is 5.82 Å². The quantitative estimate of drug-likeness (QED) is 0.821. The van der Waals surface area contributed by atoms with Crippen LogP contribution in [0.25, 0.3) is 0 Å². The molecule has 19 heavy (non-hydrogen) atoms. The molecule has 0 aliphatic rings. The zero-order chi connectivity index (χ0) is 14.5. The number of carboxylic acid groups (broad SMARTS) is 1. The first-order valence-electron chi connectivity index (χ1n) is 6.17. The van der Waals surface area contributed by atoms with Gasteiger partial charge in [-0.25, -0.2) is 14.8 Å². The number of ether oxygens (including phenoxy) is 1. The van der Waals surface area contributed by atoms with E-state index in [1.165, 1.54) is 13.4 Å². The van der Waals surface area contributed by atoms with Crippen LogP contribution in [-0.4, -0.2) is 34.2 Å². The molecule has 1 rings (SSSR count). The predicted molar refractivity (Wildman–Crippen MR) is 72.3 cm³/mol. The number of nitrogens with zero attached hydrogens (tertiary/aromatic N) is 2. The molecule has 2 N–H and O–H groups in total. The molecule has 6 nitrogen and oxygen atoms in total. The largest absolute Gasteiger partial charge is 0.481 e. The predicted octanol–water partition coefficient (Wildman–Crippen LogP) is 2.18. The number of carboxylic acids is 1. The lowest BCUT2D eigenvalue weighted by molar-refractivity contribution is -0.138. The van der Waals surface area contributed by atoms with Crippen LogP contribution in [0.2, 0.25) is 0 Å². The van der Waals surface area contributed by atoms with Crippen molar-refractivity contribution in [3.05, 3.63) is 12.4 Å². The fraction of sp³-hybridized carbons (Fsp3) is 0.615. The van der Waals surface area contributed by atoms with Gasteiger partial charge in [0, 0.05) is 6.07 Å². The molecule has 1 heterocycles. The lowest BCUT2D eigenvalue weighted by Crippen LogP contribution is -2.30. The van der Waals surface area contributed by atoms with Crippen molar-refractivity contribution < 1.29 is 14.6 Å². The van der Waals surface area contributed by atoms with E-state index in [-0.39, 0.29) is 5.41 Å². The van der Waals surface area contributed by atoms with Crippen LogP contribution in [0, 0.1) is 5.41 Å². The molecule has 1 atom stereocenters. The molecule has 0 amide bonds. The first-order valence-corrected chi connectivity index (χ1v) is 6.17. The standard InChI is InChI=1S/C13H21N3O3/c1-13(2,3)6-5-9(12(17)18)16-10-7-11(19-4)15-8-14-10/h7-9H,5-6H2,1-4H3,(H,17,18)(H,14,15,16)/t9-/m0/s1. The smallest absolute Gasteiger partial charge is 0.326 e. The highest BCUT2D eigenvalue weighted by molar-refractivity contribution is 5.76. The molecule has 0 fully saturated rings. The van der Waals surface area contributed by atoms with Gasteiger partial charge >= 0.3 is 5.97 Å². The molecule has 6 heteroatoms. The molecular formula is C13H21N3O3. The molecule has 0 saturated carbocycles. The Bertz CT molecular complexity index is 429. The fourth-order valence-electron chi connectivity index (χ4n) is 1.54. The number of hydrogen-bond acceptors (Lipinski definition) is 5. The molecule has 1 aromatic heterocycles. The van der Waals surface area contributed by atoms with E-state index in [1.807, 2.05) is 0 Å². The van der Waals surface area contributed by atoms with Gasteiger partial charge in [0.25, 0.3) is 0 Å². The number of anilines is 1. The maximum absolute atomic E-state index is 11.2. The molecule has 106 valence electrons. The Morgan fingerprint density at radius 3 is 2.68 bits per heavy atom. The van der Waals surface area contributed by atoms with Crippen molar-refractivity contribution in [1.29, 1.82) is 0 Å². The molecule has 0 aliphatic carbocycles. The molecule has 0 saturated heterocycles. The Kier molecular flexibility index (Phi) is 5.09. The minimum absolute atomic E-state index is 0.0960. The molecule has 0 radical (unpaired) electrons. The van der Waals surface area contributed by atoms with Crippen LogP contribution in [0.15, 0.2) is 12.4 Å². The summed E-state index contributed by atoms with van der Waals surface area (Å²) in [6, 6.07) is 0.909. The fourth-order valence-corrected chi connectivity index (χ4v) is 1.54. The number of nitrogens with one attached hydrogen (secondary N) is 1. The lowest BCUT2D eigenvalue weighted by atomic mass is 9.88. The Morgan fingerprint density at radius 1 is 1.47 bits per heavy atom. The zero-order valence-electron chi connectivity index (χ0n) is 11.8. The normalized spacial score (nSPS) is 12.8. The van der Waals surface area contributed by atoms with Gasteiger partial charge in [0.2, 0.25) is 5.88 Å². The van der Waals surface area contributed by atoms with E-state index in [2.05, 4.69) is 36.1 Å². The summed E-state index contributed by atoms with van der Waals surface area (Å²) in [4.78, 5) is 19.1. The van der Waals surface area contributed by atoms with Crippen LogP contribution in [0.5, 0.6) is 5.88 Å². The zero-order valence-corrected chi connectivity index (χ0v) is 11.8. The van der Waals surface area contributed by atoms with Crippen molar-refractivity contribution in [2.45, 2.75) is 39.7 Å². The van der Waals surface area contributed by atoms with E-state index in [0.29, 0.717) is 18.1 Å². The third-order valence-electron chi connectivity index (χ3n) is 2.65. The first kappa shape index (κ1) is 15.2. The first-order chi connectivity index (χ1) is 8.81. The van der Waals surface area contributed by atoms with Gasteiger partial charge in [0.15, 0.2) is 0 Å². The summed E-state index contributed by atoms with van der Waals surface area (Å²) in [7, 11) is 1.50. The third kappa shape index (κ3) is 5.54. The van der Waals surface area contributed by atoms with Gasteiger partial charge in [0.05, 0.1) is 7.11 Å². The SMILES string of the molecule is COc1cc(N[C@@H](CCC(C)(C)C)C(=O)O)ncn1. The van der Waals surface area contributed by atoms with Crippen molar-refractivity contribution in [2.75, 3.05) is 12.4 Å². The van der Waals surface area contributed by atoms with Crippen LogP contribution in [0.1, 0.15) is 33.6 Å². The van der Waals surface area contributed by atoms with E-state index in [4.69, 9.17) is 4.74 Å². The lowest BCUT2D eigenvalue weighted by Gasteiger charge is -2.21. The summed E-state index contributed by atoms with van der Waals surface area (Å²) < 4.78 is 4.97. The van der Waals surface area contributed by atoms with Crippen molar-refractivity contribution >= 4 is 11.8 Å². The van der Waals surface area contributed by atoms with Crippen molar-refractivity contribution in [2.24, 2.45) is 5.41 Å². The summed E-state index contributed by atoms with van der Waals surface area (Å²) >= 11 is 0. The number of rotatable bonds is 6. The average Bonchev–Trinajstić information content (AvgIpc) is 2.33. The van der Waals surface area contributed by atoms with E-state index >= 15 is 0 Å². The summed E-state index contributed by atoms with van der Waals surface area (Å²) in [5, 5.41) is 12.1. The van der Waals surface area contributed by atoms with Gasteiger partial charge in [-0.05, 0) is 18.3 Å². The molecule has 0 aliphatic heterocycles. The Labute approximate surface area is 113 Å².